The van der Waals surface area contributed by atoms with Crippen molar-refractivity contribution in [3.8, 4) is 0 Å². The monoisotopic (exact) mass is 301 g/mol. The smallest absolute Gasteiger partial charge is 0.324 e. The van der Waals surface area contributed by atoms with Gasteiger partial charge in [0.1, 0.15) is 9.75 Å². The average molecular weight is 301 g/mol. The number of hydrogen-bond donors (Lipinski definition) is 1. The zero-order valence-corrected chi connectivity index (χ0v) is 12.1. The van der Waals surface area contributed by atoms with Gasteiger partial charge in [0.15, 0.2) is 0 Å². The molecule has 1 aliphatic carbocycles. The molecule has 1 aromatic heterocycles. The van der Waals surface area contributed by atoms with Crippen LogP contribution in [0.15, 0.2) is 15.7 Å². The van der Waals surface area contributed by atoms with Gasteiger partial charge in [-0.05, 0) is 49.1 Å². The Morgan fingerprint density at radius 2 is 2.21 bits per heavy atom. The van der Waals surface area contributed by atoms with Gasteiger partial charge in [-0.1, -0.05) is 0 Å². The molecule has 1 saturated heterocycles. The van der Waals surface area contributed by atoms with Crippen LogP contribution < -0.4 is 0 Å². The van der Waals surface area contributed by atoms with Gasteiger partial charge >= 0.3 is 5.97 Å². The van der Waals surface area contributed by atoms with E-state index in [1.165, 1.54) is 18.3 Å². The summed E-state index contributed by atoms with van der Waals surface area (Å²) in [6, 6.07) is 1.85. The summed E-state index contributed by atoms with van der Waals surface area (Å²) < 4.78 is 26.7. The van der Waals surface area contributed by atoms with E-state index in [2.05, 4.69) is 0 Å². The van der Waals surface area contributed by atoms with Gasteiger partial charge in [0.2, 0.25) is 0 Å². The van der Waals surface area contributed by atoms with E-state index in [4.69, 9.17) is 0 Å². The third-order valence-electron chi connectivity index (χ3n) is 4.01. The fourth-order valence-electron chi connectivity index (χ4n) is 2.45. The molecule has 0 bridgehead atoms. The second-order valence-corrected chi connectivity index (χ2v) is 8.32. The molecule has 2 heterocycles. The standard InChI is InChI=1S/C12H15NO4S2/c1-12(11(14)15)5-6-13(12)19(16,17)10-9(4-7-18-10)8-2-3-8/h4,7-8H,2-3,5-6H2,1H3,(H,14,15). The second-order valence-electron chi connectivity index (χ2n) is 5.34. The molecule has 3 rings (SSSR count). The number of nitrogens with zero attached hydrogens (tertiary/aromatic N) is 1. The molecular weight excluding hydrogens is 286 g/mol. The Balaban J connectivity index is 1.99. The summed E-state index contributed by atoms with van der Waals surface area (Å²) in [6.45, 7) is 1.76. The Morgan fingerprint density at radius 3 is 2.68 bits per heavy atom. The summed E-state index contributed by atoms with van der Waals surface area (Å²) in [6.07, 6.45) is 2.41. The van der Waals surface area contributed by atoms with Crippen molar-refractivity contribution >= 4 is 27.3 Å². The van der Waals surface area contributed by atoms with E-state index in [1.807, 2.05) is 6.07 Å². The van der Waals surface area contributed by atoms with Crippen molar-refractivity contribution in [2.45, 2.75) is 41.9 Å². The van der Waals surface area contributed by atoms with Crippen LogP contribution in [0.5, 0.6) is 0 Å². The first-order valence-corrected chi connectivity index (χ1v) is 8.53. The van der Waals surface area contributed by atoms with Crippen molar-refractivity contribution in [3.63, 3.8) is 0 Å². The highest BCUT2D eigenvalue weighted by atomic mass is 32.2. The van der Waals surface area contributed by atoms with Gasteiger partial charge < -0.3 is 5.11 Å². The van der Waals surface area contributed by atoms with Crippen LogP contribution in [0.2, 0.25) is 0 Å². The van der Waals surface area contributed by atoms with Gasteiger partial charge in [0.25, 0.3) is 10.0 Å². The number of hydrogen-bond acceptors (Lipinski definition) is 4. The largest absolute Gasteiger partial charge is 0.480 e. The summed E-state index contributed by atoms with van der Waals surface area (Å²) >= 11 is 1.19. The maximum atomic E-state index is 12.6. The van der Waals surface area contributed by atoms with Crippen LogP contribution in [-0.2, 0) is 14.8 Å². The van der Waals surface area contributed by atoms with E-state index in [0.717, 1.165) is 22.7 Å². The molecule has 104 valence electrons. The number of thiophene rings is 1. The number of carbonyl (C=O) groups is 1. The molecule has 19 heavy (non-hydrogen) atoms. The first-order chi connectivity index (χ1) is 8.87. The Kier molecular flexibility index (Phi) is 2.78. The van der Waals surface area contributed by atoms with Crippen molar-refractivity contribution in [1.82, 2.24) is 4.31 Å². The van der Waals surface area contributed by atoms with Crippen LogP contribution in [0.4, 0.5) is 0 Å². The fraction of sp³-hybridized carbons (Fsp3) is 0.583. The predicted octanol–water partition coefficient (Wildman–Crippen LogP) is 1.86. The molecule has 0 amide bonds. The number of carboxylic acid groups (broad SMARTS) is 1. The third kappa shape index (κ3) is 1.83. The molecule has 1 saturated carbocycles. The van der Waals surface area contributed by atoms with E-state index >= 15 is 0 Å². The molecule has 2 fully saturated rings. The molecule has 0 spiro atoms. The topological polar surface area (TPSA) is 74.7 Å². The van der Waals surface area contributed by atoms with Crippen molar-refractivity contribution < 1.29 is 18.3 Å². The summed E-state index contributed by atoms with van der Waals surface area (Å²) in [4.78, 5) is 11.3. The molecule has 2 aliphatic rings. The minimum Gasteiger partial charge on any atom is -0.480 e. The Hall–Kier alpha value is -0.920. The van der Waals surface area contributed by atoms with Crippen LogP contribution in [0.3, 0.4) is 0 Å². The van der Waals surface area contributed by atoms with Crippen molar-refractivity contribution in [2.24, 2.45) is 0 Å². The first kappa shape index (κ1) is 13.1. The van der Waals surface area contributed by atoms with Crippen LogP contribution in [0.1, 0.15) is 37.7 Å². The van der Waals surface area contributed by atoms with E-state index in [-0.39, 0.29) is 6.54 Å². The molecule has 0 aromatic carbocycles. The molecule has 1 aromatic rings. The Morgan fingerprint density at radius 1 is 1.53 bits per heavy atom. The van der Waals surface area contributed by atoms with E-state index in [9.17, 15) is 18.3 Å². The predicted molar refractivity (Wildman–Crippen MR) is 70.8 cm³/mol. The maximum absolute atomic E-state index is 12.6. The summed E-state index contributed by atoms with van der Waals surface area (Å²) in [5, 5.41) is 11.0. The lowest BCUT2D eigenvalue weighted by Gasteiger charge is -2.45. The summed E-state index contributed by atoms with van der Waals surface area (Å²) in [5.74, 6) is -0.736. The van der Waals surface area contributed by atoms with Crippen molar-refractivity contribution in [3.05, 3.63) is 17.0 Å². The Labute approximate surface area is 115 Å². The highest BCUT2D eigenvalue weighted by Crippen LogP contribution is 2.47. The minimum atomic E-state index is -3.68. The van der Waals surface area contributed by atoms with Gasteiger partial charge in [-0.2, -0.15) is 4.31 Å². The minimum absolute atomic E-state index is 0.285. The van der Waals surface area contributed by atoms with Crippen LogP contribution in [-0.4, -0.2) is 35.9 Å². The number of aliphatic carboxylic acids is 1. The third-order valence-corrected chi connectivity index (χ3v) is 7.53. The lowest BCUT2D eigenvalue weighted by atomic mass is 9.90. The summed E-state index contributed by atoms with van der Waals surface area (Å²) in [7, 11) is -3.68. The zero-order valence-electron chi connectivity index (χ0n) is 10.5. The quantitative estimate of drug-likeness (QED) is 0.921. The van der Waals surface area contributed by atoms with E-state index in [1.54, 1.807) is 5.38 Å². The highest BCUT2D eigenvalue weighted by molar-refractivity contribution is 7.91. The molecule has 5 nitrogen and oxygen atoms in total. The maximum Gasteiger partial charge on any atom is 0.324 e. The van der Waals surface area contributed by atoms with Crippen molar-refractivity contribution in [1.29, 1.82) is 0 Å². The molecular formula is C12H15NO4S2. The van der Waals surface area contributed by atoms with Gasteiger partial charge in [0, 0.05) is 6.54 Å². The lowest BCUT2D eigenvalue weighted by molar-refractivity contribution is -0.153. The number of carboxylic acids is 1. The molecule has 7 heteroatoms. The van der Waals surface area contributed by atoms with Crippen molar-refractivity contribution in [2.75, 3.05) is 6.54 Å². The molecule has 1 atom stereocenters. The lowest BCUT2D eigenvalue weighted by Crippen LogP contribution is -2.64. The van der Waals surface area contributed by atoms with Gasteiger partial charge in [0.05, 0.1) is 0 Å². The Bertz CT molecular complexity index is 632. The fourth-order valence-corrected chi connectivity index (χ4v) is 5.85. The normalized spacial score (nSPS) is 28.1. The summed E-state index contributed by atoms with van der Waals surface area (Å²) in [5.41, 5.74) is -0.423. The van der Waals surface area contributed by atoms with Gasteiger partial charge in [-0.15, -0.1) is 11.3 Å². The molecule has 1 N–H and O–H groups in total. The molecule has 1 aliphatic heterocycles. The van der Waals surface area contributed by atoms with Crippen LogP contribution in [0, 0.1) is 0 Å². The molecule has 0 radical (unpaired) electrons. The second kappa shape index (κ2) is 4.04. The average Bonchev–Trinajstić information content (AvgIpc) is 3.02. The van der Waals surface area contributed by atoms with Gasteiger partial charge in [-0.25, -0.2) is 8.42 Å². The number of sulfonamides is 1. The van der Waals surface area contributed by atoms with Gasteiger partial charge in [-0.3, -0.25) is 4.79 Å². The number of rotatable bonds is 4. The van der Waals surface area contributed by atoms with E-state index in [0.29, 0.717) is 16.5 Å². The van der Waals surface area contributed by atoms with Crippen LogP contribution >= 0.6 is 11.3 Å². The molecule has 1 unspecified atom stereocenters. The SMILES string of the molecule is CC1(C(=O)O)CCN1S(=O)(=O)c1sccc1C1CC1. The highest BCUT2D eigenvalue weighted by Gasteiger charge is 2.54. The zero-order chi connectivity index (χ0) is 13.8. The van der Waals surface area contributed by atoms with Crippen LogP contribution in [0.25, 0.3) is 0 Å². The van der Waals surface area contributed by atoms with E-state index < -0.39 is 21.5 Å². The first-order valence-electron chi connectivity index (χ1n) is 6.21.